The zero-order valence-electron chi connectivity index (χ0n) is 14.8. The number of benzene rings is 1. The Morgan fingerprint density at radius 1 is 1.23 bits per heavy atom. The minimum Gasteiger partial charge on any atom is -0.371 e. The van der Waals surface area contributed by atoms with Crippen molar-refractivity contribution in [2.24, 2.45) is 0 Å². The lowest BCUT2D eigenvalue weighted by atomic mass is 10.1. The molecule has 0 atom stereocenters. The van der Waals surface area contributed by atoms with Gasteiger partial charge in [-0.25, -0.2) is 9.97 Å². The molecule has 2 N–H and O–H groups in total. The third-order valence-corrected chi connectivity index (χ3v) is 4.88. The lowest BCUT2D eigenvalue weighted by Gasteiger charge is -2.09. The monoisotopic (exact) mass is 367 g/mol. The number of rotatable bonds is 7. The van der Waals surface area contributed by atoms with Gasteiger partial charge in [-0.1, -0.05) is 12.1 Å². The second-order valence-electron chi connectivity index (χ2n) is 5.83. The normalized spacial score (nSPS) is 10.5. The van der Waals surface area contributed by atoms with E-state index in [9.17, 15) is 4.79 Å². The van der Waals surface area contributed by atoms with E-state index < -0.39 is 0 Å². The maximum absolute atomic E-state index is 12.4. The zero-order chi connectivity index (χ0) is 18.4. The van der Waals surface area contributed by atoms with E-state index in [1.165, 1.54) is 0 Å². The molecular formula is C19H21N5OS. The van der Waals surface area contributed by atoms with Crippen LogP contribution in [0.3, 0.4) is 0 Å². The fraction of sp³-hybridized carbons (Fsp3) is 0.263. The molecule has 0 aliphatic rings. The molecule has 26 heavy (non-hydrogen) atoms. The van der Waals surface area contributed by atoms with E-state index in [0.29, 0.717) is 17.9 Å². The number of carbonyl (C=O) groups is 1. The molecule has 0 aliphatic heterocycles. The summed E-state index contributed by atoms with van der Waals surface area (Å²) in [5.41, 5.74) is 3.24. The first-order valence-electron chi connectivity index (χ1n) is 8.46. The van der Waals surface area contributed by atoms with Gasteiger partial charge < -0.3 is 10.6 Å². The summed E-state index contributed by atoms with van der Waals surface area (Å²) in [5.74, 6) is 0.598. The zero-order valence-corrected chi connectivity index (χ0v) is 15.6. The van der Waals surface area contributed by atoms with Crippen molar-refractivity contribution in [3.05, 3.63) is 58.3 Å². The SMILES string of the molecule is CNc1nccnc1-c1cccc(C(=O)NCCCc2nc(C)cs2)c1. The van der Waals surface area contributed by atoms with Crippen molar-refractivity contribution in [1.29, 1.82) is 0 Å². The second-order valence-corrected chi connectivity index (χ2v) is 6.77. The first-order valence-corrected chi connectivity index (χ1v) is 9.33. The molecule has 0 spiro atoms. The average Bonchev–Trinajstić information content (AvgIpc) is 3.10. The third kappa shape index (κ3) is 4.43. The molecule has 6 nitrogen and oxygen atoms in total. The van der Waals surface area contributed by atoms with Gasteiger partial charge in [-0.3, -0.25) is 9.78 Å². The minimum atomic E-state index is -0.0860. The number of aryl methyl sites for hydroxylation is 2. The maximum atomic E-state index is 12.4. The Morgan fingerprint density at radius 2 is 2.08 bits per heavy atom. The quantitative estimate of drug-likeness (QED) is 0.626. The van der Waals surface area contributed by atoms with Crippen LogP contribution >= 0.6 is 11.3 Å². The van der Waals surface area contributed by atoms with Crippen molar-refractivity contribution in [3.8, 4) is 11.3 Å². The van der Waals surface area contributed by atoms with Crippen LogP contribution in [0.25, 0.3) is 11.3 Å². The van der Waals surface area contributed by atoms with Gasteiger partial charge in [0.2, 0.25) is 0 Å². The summed E-state index contributed by atoms with van der Waals surface area (Å²) in [7, 11) is 1.80. The van der Waals surface area contributed by atoms with Gasteiger partial charge in [-0.2, -0.15) is 0 Å². The van der Waals surface area contributed by atoms with Crippen molar-refractivity contribution >= 4 is 23.1 Å². The molecule has 134 valence electrons. The van der Waals surface area contributed by atoms with Crippen LogP contribution < -0.4 is 10.6 Å². The molecule has 1 aromatic carbocycles. The molecule has 3 aromatic rings. The van der Waals surface area contributed by atoms with Crippen molar-refractivity contribution in [2.75, 3.05) is 18.9 Å². The number of anilines is 1. The van der Waals surface area contributed by atoms with Crippen LogP contribution in [0.5, 0.6) is 0 Å². The maximum Gasteiger partial charge on any atom is 0.251 e. The summed E-state index contributed by atoms with van der Waals surface area (Å²) in [4.78, 5) is 25.5. The van der Waals surface area contributed by atoms with Crippen LogP contribution in [0.4, 0.5) is 5.82 Å². The number of hydrogen-bond acceptors (Lipinski definition) is 6. The van der Waals surface area contributed by atoms with E-state index in [-0.39, 0.29) is 5.91 Å². The number of hydrogen-bond donors (Lipinski definition) is 2. The molecule has 0 saturated heterocycles. The van der Waals surface area contributed by atoms with Crippen LogP contribution in [0.1, 0.15) is 27.5 Å². The van der Waals surface area contributed by atoms with Gasteiger partial charge >= 0.3 is 0 Å². The third-order valence-electron chi connectivity index (χ3n) is 3.85. The molecule has 0 aliphatic carbocycles. The molecular weight excluding hydrogens is 346 g/mol. The lowest BCUT2D eigenvalue weighted by Crippen LogP contribution is -2.24. The highest BCUT2D eigenvalue weighted by molar-refractivity contribution is 7.09. The number of aromatic nitrogens is 3. The minimum absolute atomic E-state index is 0.0860. The van der Waals surface area contributed by atoms with Gasteiger partial charge in [0.1, 0.15) is 5.69 Å². The van der Waals surface area contributed by atoms with Gasteiger partial charge in [0.25, 0.3) is 5.91 Å². The summed E-state index contributed by atoms with van der Waals surface area (Å²) in [6, 6.07) is 7.42. The molecule has 0 fully saturated rings. The molecule has 0 unspecified atom stereocenters. The Hall–Kier alpha value is -2.80. The first kappa shape index (κ1) is 18.0. The Bertz CT molecular complexity index is 893. The molecule has 1 amide bonds. The van der Waals surface area contributed by atoms with Gasteiger partial charge in [-0.15, -0.1) is 11.3 Å². The Balaban J connectivity index is 1.61. The molecule has 0 bridgehead atoms. The molecule has 3 rings (SSSR count). The van der Waals surface area contributed by atoms with E-state index in [0.717, 1.165) is 34.8 Å². The number of carbonyl (C=O) groups excluding carboxylic acids is 1. The van der Waals surface area contributed by atoms with Crippen molar-refractivity contribution in [1.82, 2.24) is 20.3 Å². The summed E-state index contributed by atoms with van der Waals surface area (Å²) in [6.07, 6.45) is 5.02. The molecule has 2 heterocycles. The molecule has 7 heteroatoms. The van der Waals surface area contributed by atoms with Gasteiger partial charge in [0.15, 0.2) is 5.82 Å². The summed E-state index contributed by atoms with van der Waals surface area (Å²) in [6.45, 7) is 2.61. The second kappa shape index (κ2) is 8.53. The summed E-state index contributed by atoms with van der Waals surface area (Å²) < 4.78 is 0. The highest BCUT2D eigenvalue weighted by Gasteiger charge is 2.10. The van der Waals surface area contributed by atoms with Crippen molar-refractivity contribution in [2.45, 2.75) is 19.8 Å². The Labute approximate surface area is 156 Å². The summed E-state index contributed by atoms with van der Waals surface area (Å²) >= 11 is 1.67. The van der Waals surface area contributed by atoms with Gasteiger partial charge in [0, 0.05) is 54.6 Å². The number of thiazole rings is 1. The number of nitrogens with one attached hydrogen (secondary N) is 2. The van der Waals surface area contributed by atoms with Crippen molar-refractivity contribution in [3.63, 3.8) is 0 Å². The van der Waals surface area contributed by atoms with E-state index in [1.54, 1.807) is 36.8 Å². The van der Waals surface area contributed by atoms with Crippen LogP contribution in [0.2, 0.25) is 0 Å². The fourth-order valence-electron chi connectivity index (χ4n) is 2.60. The topological polar surface area (TPSA) is 79.8 Å². The Kier molecular flexibility index (Phi) is 5.91. The number of nitrogens with zero attached hydrogens (tertiary/aromatic N) is 3. The predicted octanol–water partition coefficient (Wildman–Crippen LogP) is 3.31. The van der Waals surface area contributed by atoms with Gasteiger partial charge in [0.05, 0.1) is 5.01 Å². The van der Waals surface area contributed by atoms with Crippen LogP contribution in [0.15, 0.2) is 42.0 Å². The first-order chi connectivity index (χ1) is 12.7. The highest BCUT2D eigenvalue weighted by atomic mass is 32.1. The van der Waals surface area contributed by atoms with E-state index in [4.69, 9.17) is 0 Å². The predicted molar refractivity (Wildman–Crippen MR) is 105 cm³/mol. The van der Waals surface area contributed by atoms with Crippen LogP contribution in [0, 0.1) is 6.92 Å². The van der Waals surface area contributed by atoms with Crippen LogP contribution in [-0.4, -0.2) is 34.5 Å². The van der Waals surface area contributed by atoms with E-state index >= 15 is 0 Å². The largest absolute Gasteiger partial charge is 0.371 e. The average molecular weight is 367 g/mol. The van der Waals surface area contributed by atoms with Crippen molar-refractivity contribution < 1.29 is 4.79 Å². The Morgan fingerprint density at radius 3 is 2.85 bits per heavy atom. The molecule has 0 radical (unpaired) electrons. The smallest absolute Gasteiger partial charge is 0.251 e. The standard InChI is InChI=1S/C19H21N5OS/c1-13-12-26-16(24-13)7-4-8-23-19(25)15-6-3-5-14(11-15)17-18(20-2)22-10-9-21-17/h3,5-6,9-12H,4,7-8H2,1-2H3,(H,20,22)(H,23,25). The van der Waals surface area contributed by atoms with E-state index in [2.05, 4.69) is 25.6 Å². The van der Waals surface area contributed by atoms with E-state index in [1.807, 2.05) is 30.5 Å². The van der Waals surface area contributed by atoms with Gasteiger partial charge in [-0.05, 0) is 25.5 Å². The molecule has 2 aromatic heterocycles. The summed E-state index contributed by atoms with van der Waals surface area (Å²) in [5, 5.41) is 9.15. The number of amides is 1. The molecule has 0 saturated carbocycles. The fourth-order valence-corrected chi connectivity index (χ4v) is 3.42. The van der Waals surface area contributed by atoms with Crippen LogP contribution in [-0.2, 0) is 6.42 Å². The highest BCUT2D eigenvalue weighted by Crippen LogP contribution is 2.23. The lowest BCUT2D eigenvalue weighted by molar-refractivity contribution is 0.0953.